The molecule has 0 bridgehead atoms. The van der Waals surface area contributed by atoms with Crippen molar-refractivity contribution in [1.29, 1.82) is 0 Å². The van der Waals surface area contributed by atoms with Crippen LogP contribution in [0, 0.1) is 6.92 Å². The van der Waals surface area contributed by atoms with Gasteiger partial charge in [-0.05, 0) is 62.7 Å². The number of furan rings is 1. The van der Waals surface area contributed by atoms with Crippen LogP contribution in [0.4, 0.5) is 0 Å². The van der Waals surface area contributed by atoms with Gasteiger partial charge in [0.15, 0.2) is 0 Å². The summed E-state index contributed by atoms with van der Waals surface area (Å²) < 4.78 is 16.8. The highest BCUT2D eigenvalue weighted by Gasteiger charge is 2.47. The Balaban J connectivity index is 1.80. The highest BCUT2D eigenvalue weighted by atomic mass is 16.5. The normalized spacial score (nSPS) is 17.4. The Bertz CT molecular complexity index is 1240. The summed E-state index contributed by atoms with van der Waals surface area (Å²) in [6, 6.07) is 14.9. The molecule has 7 nitrogen and oxygen atoms in total. The van der Waals surface area contributed by atoms with Crippen LogP contribution in [0.2, 0.25) is 0 Å². The lowest BCUT2D eigenvalue weighted by molar-refractivity contribution is -0.140. The van der Waals surface area contributed by atoms with Gasteiger partial charge < -0.3 is 23.9 Å². The monoisotopic (exact) mass is 461 g/mol. The number of ether oxygens (including phenoxy) is 2. The van der Waals surface area contributed by atoms with Crippen molar-refractivity contribution in [2.75, 3.05) is 7.11 Å². The van der Waals surface area contributed by atoms with Gasteiger partial charge in [-0.25, -0.2) is 0 Å². The molecule has 1 N–H and O–H groups in total. The Labute approximate surface area is 198 Å². The number of hydrogen-bond acceptors (Lipinski definition) is 6. The van der Waals surface area contributed by atoms with Crippen molar-refractivity contribution in [1.82, 2.24) is 4.90 Å². The molecule has 1 aliphatic heterocycles. The third-order valence-corrected chi connectivity index (χ3v) is 5.70. The van der Waals surface area contributed by atoms with E-state index in [1.165, 1.54) is 11.2 Å². The van der Waals surface area contributed by atoms with Crippen molar-refractivity contribution in [3.05, 3.63) is 88.9 Å². The molecule has 4 rings (SSSR count). The highest BCUT2D eigenvalue weighted by molar-refractivity contribution is 6.46. The van der Waals surface area contributed by atoms with E-state index >= 15 is 0 Å². The van der Waals surface area contributed by atoms with Gasteiger partial charge in [-0.3, -0.25) is 9.59 Å². The number of rotatable bonds is 7. The molecule has 0 radical (unpaired) electrons. The smallest absolute Gasteiger partial charge is 0.296 e. The van der Waals surface area contributed by atoms with E-state index in [2.05, 4.69) is 0 Å². The Hall–Kier alpha value is -4.00. The number of aliphatic hydroxyl groups is 1. The first-order valence-electron chi connectivity index (χ1n) is 11.0. The minimum absolute atomic E-state index is 0.00241. The predicted molar refractivity (Wildman–Crippen MR) is 126 cm³/mol. The van der Waals surface area contributed by atoms with E-state index in [0.29, 0.717) is 22.8 Å². The number of hydrogen-bond donors (Lipinski definition) is 1. The Morgan fingerprint density at radius 3 is 2.50 bits per heavy atom. The summed E-state index contributed by atoms with van der Waals surface area (Å²) in [5.41, 5.74) is 1.93. The standard InChI is InChI=1S/C27H27NO6/c1-16(2)34-20-12-11-18(14-17(20)3)25(29)23-24(22-10-7-13-33-22)28(27(31)26(23)30)15-19-8-5-6-9-21(19)32-4/h5-14,16,24,29H,15H2,1-4H3/b25-23-. The first-order chi connectivity index (χ1) is 16.3. The fraction of sp³-hybridized carbons (Fsp3) is 0.259. The molecule has 2 heterocycles. The van der Waals surface area contributed by atoms with Crippen molar-refractivity contribution in [3.8, 4) is 11.5 Å². The molecule has 1 saturated heterocycles. The van der Waals surface area contributed by atoms with Crippen LogP contribution in [0.3, 0.4) is 0 Å². The number of ketones is 1. The van der Waals surface area contributed by atoms with Crippen LogP contribution >= 0.6 is 0 Å². The Morgan fingerprint density at radius 2 is 1.85 bits per heavy atom. The molecule has 1 unspecified atom stereocenters. The van der Waals surface area contributed by atoms with Gasteiger partial charge in [0, 0.05) is 11.1 Å². The van der Waals surface area contributed by atoms with Crippen LogP contribution in [-0.2, 0) is 16.1 Å². The highest BCUT2D eigenvalue weighted by Crippen LogP contribution is 2.41. The van der Waals surface area contributed by atoms with Crippen LogP contribution < -0.4 is 9.47 Å². The zero-order chi connectivity index (χ0) is 24.4. The molecule has 176 valence electrons. The largest absolute Gasteiger partial charge is 0.507 e. The number of Topliss-reactive ketones (excluding diaryl/α,β-unsaturated/α-hetero) is 1. The summed E-state index contributed by atoms with van der Waals surface area (Å²) in [5, 5.41) is 11.2. The number of nitrogens with zero attached hydrogens (tertiary/aromatic N) is 1. The number of aryl methyl sites for hydroxylation is 1. The predicted octanol–water partition coefficient (Wildman–Crippen LogP) is 5.01. The van der Waals surface area contributed by atoms with Crippen LogP contribution in [-0.4, -0.2) is 34.9 Å². The van der Waals surface area contributed by atoms with E-state index in [-0.39, 0.29) is 24.0 Å². The second-order valence-electron chi connectivity index (χ2n) is 8.40. The topological polar surface area (TPSA) is 89.2 Å². The number of methoxy groups -OCH3 is 1. The van der Waals surface area contributed by atoms with Crippen LogP contribution in [0.25, 0.3) is 5.76 Å². The van der Waals surface area contributed by atoms with Crippen molar-refractivity contribution in [3.63, 3.8) is 0 Å². The van der Waals surface area contributed by atoms with E-state index < -0.39 is 17.7 Å². The van der Waals surface area contributed by atoms with Crippen molar-refractivity contribution < 1.29 is 28.6 Å². The van der Waals surface area contributed by atoms with Gasteiger partial charge in [0.1, 0.15) is 29.1 Å². The molecule has 0 spiro atoms. The molecule has 7 heteroatoms. The third kappa shape index (κ3) is 4.29. The maximum absolute atomic E-state index is 13.2. The van der Waals surface area contributed by atoms with Crippen molar-refractivity contribution in [2.24, 2.45) is 0 Å². The quantitative estimate of drug-likeness (QED) is 0.302. The molecule has 1 amide bonds. The minimum atomic E-state index is -0.883. The average Bonchev–Trinajstić information content (AvgIpc) is 3.43. The first-order valence-corrected chi connectivity index (χ1v) is 11.0. The van der Waals surface area contributed by atoms with Gasteiger partial charge in [-0.15, -0.1) is 0 Å². The molecule has 3 aromatic rings. The molecule has 0 aliphatic carbocycles. The molecule has 1 atom stereocenters. The zero-order valence-corrected chi connectivity index (χ0v) is 19.6. The summed E-state index contributed by atoms with van der Waals surface area (Å²) in [6.07, 6.45) is 1.47. The molecule has 34 heavy (non-hydrogen) atoms. The lowest BCUT2D eigenvalue weighted by atomic mass is 9.98. The molecule has 1 aromatic heterocycles. The number of para-hydroxylation sites is 1. The molecule has 1 fully saturated rings. The SMILES string of the molecule is COc1ccccc1CN1C(=O)C(=O)/C(=C(\O)c2ccc(OC(C)C)c(C)c2)C1c1ccco1. The minimum Gasteiger partial charge on any atom is -0.507 e. The van der Waals surface area contributed by atoms with E-state index in [0.717, 1.165) is 11.1 Å². The van der Waals surface area contributed by atoms with Gasteiger partial charge in [-0.1, -0.05) is 18.2 Å². The van der Waals surface area contributed by atoms with Crippen LogP contribution in [0.1, 0.15) is 42.3 Å². The van der Waals surface area contributed by atoms with Crippen LogP contribution in [0.15, 0.2) is 70.9 Å². The van der Waals surface area contributed by atoms with E-state index in [4.69, 9.17) is 13.9 Å². The fourth-order valence-electron chi connectivity index (χ4n) is 4.14. The van der Waals surface area contributed by atoms with Gasteiger partial charge in [0.2, 0.25) is 0 Å². The number of amides is 1. The van der Waals surface area contributed by atoms with E-state index in [9.17, 15) is 14.7 Å². The fourth-order valence-corrected chi connectivity index (χ4v) is 4.14. The lowest BCUT2D eigenvalue weighted by Crippen LogP contribution is -2.29. The number of carbonyl (C=O) groups is 2. The number of aliphatic hydroxyl groups excluding tert-OH is 1. The van der Waals surface area contributed by atoms with Gasteiger partial charge in [-0.2, -0.15) is 0 Å². The first kappa shape index (κ1) is 23.2. The van der Waals surface area contributed by atoms with E-state index in [1.807, 2.05) is 39.0 Å². The molecule has 0 saturated carbocycles. The summed E-state index contributed by atoms with van der Waals surface area (Å²) in [4.78, 5) is 27.7. The molecule has 1 aliphatic rings. The summed E-state index contributed by atoms with van der Waals surface area (Å²) in [5.74, 6) is -0.0855. The summed E-state index contributed by atoms with van der Waals surface area (Å²) in [6.45, 7) is 5.83. The van der Waals surface area contributed by atoms with Crippen LogP contribution in [0.5, 0.6) is 11.5 Å². The van der Waals surface area contributed by atoms with Gasteiger partial charge in [0.25, 0.3) is 11.7 Å². The Morgan fingerprint density at radius 1 is 1.09 bits per heavy atom. The van der Waals surface area contributed by atoms with Crippen molar-refractivity contribution in [2.45, 2.75) is 39.5 Å². The number of carbonyl (C=O) groups excluding carboxylic acids is 2. The molecular formula is C27H27NO6. The van der Waals surface area contributed by atoms with Gasteiger partial charge in [0.05, 0.1) is 31.6 Å². The molecule has 2 aromatic carbocycles. The third-order valence-electron chi connectivity index (χ3n) is 5.70. The number of likely N-dealkylation sites (tertiary alicyclic amines) is 1. The lowest BCUT2D eigenvalue weighted by Gasteiger charge is -2.24. The molecular weight excluding hydrogens is 434 g/mol. The second kappa shape index (κ2) is 9.47. The van der Waals surface area contributed by atoms with E-state index in [1.54, 1.807) is 43.5 Å². The van der Waals surface area contributed by atoms with Crippen molar-refractivity contribution >= 4 is 17.4 Å². The Kier molecular flexibility index (Phi) is 6.45. The maximum Gasteiger partial charge on any atom is 0.296 e. The second-order valence-corrected chi connectivity index (χ2v) is 8.40. The zero-order valence-electron chi connectivity index (χ0n) is 19.6. The maximum atomic E-state index is 13.2. The number of benzene rings is 2. The van der Waals surface area contributed by atoms with Gasteiger partial charge >= 0.3 is 0 Å². The average molecular weight is 462 g/mol. The summed E-state index contributed by atoms with van der Waals surface area (Å²) >= 11 is 0. The summed E-state index contributed by atoms with van der Waals surface area (Å²) in [7, 11) is 1.55.